The minimum absolute atomic E-state index is 0. The van der Waals surface area contributed by atoms with Crippen LogP contribution in [0.3, 0.4) is 0 Å². The molecule has 0 bridgehead atoms. The van der Waals surface area contributed by atoms with E-state index in [1.807, 2.05) is 0 Å². The maximum Gasteiger partial charge on any atom is 0.416 e. The molecule has 1 unspecified atom stereocenters. The van der Waals surface area contributed by atoms with E-state index in [9.17, 15) is 13.2 Å². The summed E-state index contributed by atoms with van der Waals surface area (Å²) in [6.07, 6.45) is -2.74. The molecule has 102 valence electrons. The second-order valence-corrected chi connectivity index (χ2v) is 4.39. The van der Waals surface area contributed by atoms with E-state index in [1.54, 1.807) is 0 Å². The Kier molecular flexibility index (Phi) is 4.64. The van der Waals surface area contributed by atoms with Crippen LogP contribution in [-0.2, 0) is 16.5 Å². The molecule has 1 fully saturated rings. The quantitative estimate of drug-likeness (QED) is 0.858. The van der Waals surface area contributed by atoms with Crippen LogP contribution in [0, 0.1) is 0 Å². The van der Waals surface area contributed by atoms with Gasteiger partial charge in [0.1, 0.15) is 0 Å². The molecule has 1 aromatic carbocycles. The number of halogens is 4. The average Bonchev–Trinajstić information content (AvgIpc) is 2.29. The van der Waals surface area contributed by atoms with Crippen LogP contribution in [0.25, 0.3) is 0 Å². The van der Waals surface area contributed by atoms with Gasteiger partial charge in [-0.3, -0.25) is 0 Å². The molecule has 1 aliphatic rings. The predicted molar refractivity (Wildman–Crippen MR) is 64.6 cm³/mol. The number of hydrogen-bond acceptors (Lipinski definition) is 2. The van der Waals surface area contributed by atoms with Crippen molar-refractivity contribution in [2.24, 2.45) is 5.73 Å². The minimum Gasteiger partial charge on any atom is -0.379 e. The van der Waals surface area contributed by atoms with Crippen molar-refractivity contribution < 1.29 is 17.9 Å². The molecule has 0 aromatic heterocycles. The van der Waals surface area contributed by atoms with Crippen LogP contribution >= 0.6 is 12.4 Å². The van der Waals surface area contributed by atoms with E-state index in [0.29, 0.717) is 18.8 Å². The molecule has 0 amide bonds. The predicted octanol–water partition coefficient (Wildman–Crippen LogP) is 3.09. The molecule has 2 rings (SSSR count). The molecule has 2 N–H and O–H groups in total. The van der Waals surface area contributed by atoms with Crippen molar-refractivity contribution >= 4 is 12.4 Å². The van der Waals surface area contributed by atoms with Crippen molar-refractivity contribution in [3.63, 3.8) is 0 Å². The minimum atomic E-state index is -4.30. The summed E-state index contributed by atoms with van der Waals surface area (Å²) in [6, 6.07) is 5.02. The lowest BCUT2D eigenvalue weighted by molar-refractivity contribution is -0.137. The van der Waals surface area contributed by atoms with Gasteiger partial charge in [0.05, 0.1) is 17.7 Å². The van der Waals surface area contributed by atoms with Gasteiger partial charge in [-0.25, -0.2) is 0 Å². The molecular formula is C12H15ClF3NO. The fourth-order valence-electron chi connectivity index (χ4n) is 2.03. The molecule has 1 atom stereocenters. The SMILES string of the molecule is Cl.NC1(c2ccc(C(F)(F)F)cc2)CCCOC1. The Labute approximate surface area is 110 Å². The van der Waals surface area contributed by atoms with E-state index in [-0.39, 0.29) is 12.4 Å². The lowest BCUT2D eigenvalue weighted by Gasteiger charge is -2.33. The van der Waals surface area contributed by atoms with Crippen molar-refractivity contribution in [3.8, 4) is 0 Å². The Hall–Kier alpha value is -0.780. The maximum absolute atomic E-state index is 12.4. The Bertz CT molecular complexity index is 385. The van der Waals surface area contributed by atoms with Gasteiger partial charge in [-0.05, 0) is 30.5 Å². The normalized spacial score (nSPS) is 24.4. The second-order valence-electron chi connectivity index (χ2n) is 4.39. The van der Waals surface area contributed by atoms with Gasteiger partial charge in [0.25, 0.3) is 0 Å². The number of ether oxygens (including phenoxy) is 1. The third-order valence-corrected chi connectivity index (χ3v) is 3.06. The summed E-state index contributed by atoms with van der Waals surface area (Å²) in [4.78, 5) is 0. The van der Waals surface area contributed by atoms with Crippen molar-refractivity contribution in [1.29, 1.82) is 0 Å². The first-order valence-electron chi connectivity index (χ1n) is 5.46. The van der Waals surface area contributed by atoms with Gasteiger partial charge in [-0.1, -0.05) is 12.1 Å². The molecule has 1 heterocycles. The van der Waals surface area contributed by atoms with E-state index < -0.39 is 17.3 Å². The summed E-state index contributed by atoms with van der Waals surface area (Å²) in [5.41, 5.74) is 5.53. The van der Waals surface area contributed by atoms with E-state index in [1.165, 1.54) is 12.1 Å². The lowest BCUT2D eigenvalue weighted by Crippen LogP contribution is -2.44. The highest BCUT2D eigenvalue weighted by Crippen LogP contribution is 2.32. The molecule has 0 radical (unpaired) electrons. The zero-order valence-corrected chi connectivity index (χ0v) is 10.5. The van der Waals surface area contributed by atoms with Gasteiger partial charge in [0.2, 0.25) is 0 Å². The van der Waals surface area contributed by atoms with Gasteiger partial charge >= 0.3 is 6.18 Å². The number of nitrogens with two attached hydrogens (primary N) is 1. The van der Waals surface area contributed by atoms with Gasteiger partial charge in [0.15, 0.2) is 0 Å². The van der Waals surface area contributed by atoms with E-state index in [2.05, 4.69) is 0 Å². The first-order valence-corrected chi connectivity index (χ1v) is 5.46. The molecule has 1 aromatic rings. The zero-order valence-electron chi connectivity index (χ0n) is 9.67. The average molecular weight is 282 g/mol. The largest absolute Gasteiger partial charge is 0.416 e. The molecule has 2 nitrogen and oxygen atoms in total. The molecule has 6 heteroatoms. The fraction of sp³-hybridized carbons (Fsp3) is 0.500. The van der Waals surface area contributed by atoms with E-state index >= 15 is 0 Å². The summed E-state index contributed by atoms with van der Waals surface area (Å²) >= 11 is 0. The van der Waals surface area contributed by atoms with Crippen molar-refractivity contribution in [1.82, 2.24) is 0 Å². The maximum atomic E-state index is 12.4. The lowest BCUT2D eigenvalue weighted by atomic mass is 9.85. The Morgan fingerprint density at radius 1 is 1.17 bits per heavy atom. The van der Waals surface area contributed by atoms with Crippen LogP contribution in [0.1, 0.15) is 24.0 Å². The molecule has 0 saturated carbocycles. The number of rotatable bonds is 1. The Balaban J connectivity index is 0.00000162. The first-order chi connectivity index (χ1) is 7.92. The summed E-state index contributed by atoms with van der Waals surface area (Å²) in [7, 11) is 0. The number of benzene rings is 1. The highest BCUT2D eigenvalue weighted by Gasteiger charge is 2.33. The van der Waals surface area contributed by atoms with Gasteiger partial charge in [0, 0.05) is 6.61 Å². The summed E-state index contributed by atoms with van der Waals surface area (Å²) in [5.74, 6) is 0. The smallest absolute Gasteiger partial charge is 0.379 e. The standard InChI is InChI=1S/C12H14F3NO.ClH/c13-12(14,15)10-4-2-9(3-5-10)11(16)6-1-7-17-8-11;/h2-5H,1,6-8,16H2;1H. The fourth-order valence-corrected chi connectivity index (χ4v) is 2.03. The first kappa shape index (κ1) is 15.3. The third-order valence-electron chi connectivity index (χ3n) is 3.06. The third kappa shape index (κ3) is 3.16. The zero-order chi connectivity index (χ0) is 12.5. The molecule has 0 spiro atoms. The van der Waals surface area contributed by atoms with Crippen molar-refractivity contribution in [2.75, 3.05) is 13.2 Å². The van der Waals surface area contributed by atoms with Crippen LogP contribution in [0.5, 0.6) is 0 Å². The van der Waals surface area contributed by atoms with Crippen molar-refractivity contribution in [2.45, 2.75) is 24.6 Å². The highest BCUT2D eigenvalue weighted by molar-refractivity contribution is 5.85. The van der Waals surface area contributed by atoms with E-state index in [4.69, 9.17) is 10.5 Å². The monoisotopic (exact) mass is 281 g/mol. The van der Waals surface area contributed by atoms with Gasteiger partial charge < -0.3 is 10.5 Å². The summed E-state index contributed by atoms with van der Waals surface area (Å²) < 4.78 is 42.5. The summed E-state index contributed by atoms with van der Waals surface area (Å²) in [6.45, 7) is 1.03. The van der Waals surface area contributed by atoms with Crippen LogP contribution in [0.15, 0.2) is 24.3 Å². The Morgan fingerprint density at radius 3 is 2.22 bits per heavy atom. The van der Waals surface area contributed by atoms with Crippen LogP contribution in [-0.4, -0.2) is 13.2 Å². The highest BCUT2D eigenvalue weighted by atomic mass is 35.5. The molecule has 1 saturated heterocycles. The second kappa shape index (κ2) is 5.47. The molecule has 0 aliphatic carbocycles. The molecular weight excluding hydrogens is 267 g/mol. The Morgan fingerprint density at radius 2 is 1.78 bits per heavy atom. The van der Waals surface area contributed by atoms with E-state index in [0.717, 1.165) is 25.0 Å². The summed E-state index contributed by atoms with van der Waals surface area (Å²) in [5, 5.41) is 0. The van der Waals surface area contributed by atoms with Crippen molar-refractivity contribution in [3.05, 3.63) is 35.4 Å². The van der Waals surface area contributed by atoms with Gasteiger partial charge in [-0.15, -0.1) is 12.4 Å². The van der Waals surface area contributed by atoms with Crippen LogP contribution < -0.4 is 5.73 Å². The van der Waals surface area contributed by atoms with Gasteiger partial charge in [-0.2, -0.15) is 13.2 Å². The molecule has 1 aliphatic heterocycles. The number of hydrogen-bond donors (Lipinski definition) is 1. The van der Waals surface area contributed by atoms with Crippen LogP contribution in [0.4, 0.5) is 13.2 Å². The topological polar surface area (TPSA) is 35.2 Å². The van der Waals surface area contributed by atoms with Crippen LogP contribution in [0.2, 0.25) is 0 Å². The number of alkyl halides is 3. The molecule has 18 heavy (non-hydrogen) atoms.